The monoisotopic (exact) mass is 191 g/mol. The van der Waals surface area contributed by atoms with Crippen LogP contribution in [0.3, 0.4) is 0 Å². The summed E-state index contributed by atoms with van der Waals surface area (Å²) in [5.41, 5.74) is 0. The molecule has 1 fully saturated rings. The summed E-state index contributed by atoms with van der Waals surface area (Å²) in [6.07, 6.45) is 11.6. The van der Waals surface area contributed by atoms with E-state index in [4.69, 9.17) is 0 Å². The standard InChI is InChI=1S/C7H10.C4H3NO2/c1-2-7-4-3-6(1)5-7;6-3-1-2-4(7)5-3/h1-2,6-7H,3-5H2;1-2H,(H,5,6,7). The normalized spacial score (nSPS) is 31.7. The Balaban J connectivity index is 0.000000107. The molecule has 2 bridgehead atoms. The van der Waals surface area contributed by atoms with Gasteiger partial charge in [0.25, 0.3) is 11.8 Å². The van der Waals surface area contributed by atoms with Crippen LogP contribution in [0.5, 0.6) is 0 Å². The average molecular weight is 191 g/mol. The quantitative estimate of drug-likeness (QED) is 0.461. The Labute approximate surface area is 82.9 Å². The molecule has 14 heavy (non-hydrogen) atoms. The van der Waals surface area contributed by atoms with Gasteiger partial charge in [0.05, 0.1) is 0 Å². The lowest BCUT2D eigenvalue weighted by atomic mass is 10.1. The van der Waals surface area contributed by atoms with Gasteiger partial charge in [0.2, 0.25) is 0 Å². The maximum absolute atomic E-state index is 10.0. The SMILES string of the molecule is C1=CC2CCC1C2.O=C1C=CC(=O)N1. The largest absolute Gasteiger partial charge is 0.289 e. The highest BCUT2D eigenvalue weighted by Crippen LogP contribution is 2.38. The minimum atomic E-state index is -0.329. The fourth-order valence-corrected chi connectivity index (χ4v) is 2.07. The van der Waals surface area contributed by atoms with Gasteiger partial charge < -0.3 is 0 Å². The summed E-state index contributed by atoms with van der Waals surface area (Å²) in [7, 11) is 0. The smallest absolute Gasteiger partial charge is 0.250 e. The first-order valence-corrected chi connectivity index (χ1v) is 4.95. The van der Waals surface area contributed by atoms with Gasteiger partial charge in [0.1, 0.15) is 0 Å². The fourth-order valence-electron chi connectivity index (χ4n) is 2.07. The summed E-state index contributed by atoms with van der Waals surface area (Å²) in [6.45, 7) is 0. The Hall–Kier alpha value is -1.38. The van der Waals surface area contributed by atoms with Crippen LogP contribution in [-0.4, -0.2) is 11.8 Å². The highest BCUT2D eigenvalue weighted by molar-refractivity contribution is 6.12. The van der Waals surface area contributed by atoms with Crippen molar-refractivity contribution in [1.29, 1.82) is 0 Å². The number of fused-ring (bicyclic) bond motifs is 2. The Morgan fingerprint density at radius 3 is 1.64 bits per heavy atom. The van der Waals surface area contributed by atoms with Crippen molar-refractivity contribution in [1.82, 2.24) is 5.32 Å². The third-order valence-corrected chi connectivity index (χ3v) is 2.80. The first-order chi connectivity index (χ1) is 6.74. The van der Waals surface area contributed by atoms with E-state index >= 15 is 0 Å². The van der Waals surface area contributed by atoms with Crippen molar-refractivity contribution < 1.29 is 9.59 Å². The molecule has 74 valence electrons. The zero-order valence-electron chi connectivity index (χ0n) is 7.90. The van der Waals surface area contributed by atoms with Gasteiger partial charge in [-0.05, 0) is 31.1 Å². The zero-order chi connectivity index (χ0) is 9.97. The number of carbonyl (C=O) groups excluding carboxylic acids is 2. The van der Waals surface area contributed by atoms with Crippen molar-refractivity contribution in [3.63, 3.8) is 0 Å². The van der Waals surface area contributed by atoms with Gasteiger partial charge in [-0.3, -0.25) is 14.9 Å². The van der Waals surface area contributed by atoms with Crippen LogP contribution in [0.25, 0.3) is 0 Å². The Bertz CT molecular complexity index is 289. The van der Waals surface area contributed by atoms with Crippen molar-refractivity contribution in [3.05, 3.63) is 24.3 Å². The number of carbonyl (C=O) groups is 2. The molecule has 2 atom stereocenters. The lowest BCUT2D eigenvalue weighted by molar-refractivity contribution is -0.123. The molecule has 3 heteroatoms. The Morgan fingerprint density at radius 1 is 1.00 bits per heavy atom. The van der Waals surface area contributed by atoms with E-state index in [1.165, 1.54) is 31.4 Å². The van der Waals surface area contributed by atoms with E-state index < -0.39 is 0 Å². The third kappa shape index (κ3) is 2.10. The molecule has 1 saturated carbocycles. The minimum absolute atomic E-state index is 0.329. The topological polar surface area (TPSA) is 46.2 Å². The van der Waals surface area contributed by atoms with E-state index in [1.807, 2.05) is 5.32 Å². The second-order valence-corrected chi connectivity index (χ2v) is 3.90. The highest BCUT2D eigenvalue weighted by atomic mass is 16.2. The molecule has 0 aromatic heterocycles. The van der Waals surface area contributed by atoms with E-state index in [0.717, 1.165) is 11.8 Å². The lowest BCUT2D eigenvalue weighted by Crippen LogP contribution is -2.19. The van der Waals surface area contributed by atoms with Gasteiger partial charge >= 0.3 is 0 Å². The van der Waals surface area contributed by atoms with Gasteiger partial charge in [0.15, 0.2) is 0 Å². The summed E-state index contributed by atoms with van der Waals surface area (Å²) in [5, 5.41) is 2.03. The lowest BCUT2D eigenvalue weighted by Gasteiger charge is -1.96. The van der Waals surface area contributed by atoms with Crippen molar-refractivity contribution >= 4 is 11.8 Å². The molecule has 0 spiro atoms. The summed E-state index contributed by atoms with van der Waals surface area (Å²) in [4.78, 5) is 20.1. The molecule has 1 N–H and O–H groups in total. The Kier molecular flexibility index (Phi) is 2.48. The van der Waals surface area contributed by atoms with Crippen molar-refractivity contribution in [2.75, 3.05) is 0 Å². The van der Waals surface area contributed by atoms with Crippen LogP contribution in [0.4, 0.5) is 0 Å². The summed E-state index contributed by atoms with van der Waals surface area (Å²) < 4.78 is 0. The van der Waals surface area contributed by atoms with Gasteiger partial charge in [-0.2, -0.15) is 0 Å². The molecule has 2 unspecified atom stereocenters. The van der Waals surface area contributed by atoms with Gasteiger partial charge in [-0.1, -0.05) is 12.2 Å². The number of amides is 2. The molecule has 1 heterocycles. The second kappa shape index (κ2) is 3.78. The van der Waals surface area contributed by atoms with Gasteiger partial charge in [0, 0.05) is 12.2 Å². The fraction of sp³-hybridized carbons (Fsp3) is 0.455. The molecule has 0 saturated heterocycles. The van der Waals surface area contributed by atoms with E-state index in [-0.39, 0.29) is 11.8 Å². The molecule has 3 nitrogen and oxygen atoms in total. The zero-order valence-corrected chi connectivity index (χ0v) is 7.90. The van der Waals surface area contributed by atoms with Crippen molar-refractivity contribution in [2.24, 2.45) is 11.8 Å². The first-order valence-electron chi connectivity index (χ1n) is 4.95. The van der Waals surface area contributed by atoms with E-state index in [2.05, 4.69) is 12.2 Å². The summed E-state index contributed by atoms with van der Waals surface area (Å²) >= 11 is 0. The molecule has 0 aromatic rings. The third-order valence-electron chi connectivity index (χ3n) is 2.80. The van der Waals surface area contributed by atoms with Crippen molar-refractivity contribution in [3.8, 4) is 0 Å². The second-order valence-electron chi connectivity index (χ2n) is 3.90. The van der Waals surface area contributed by atoms with Gasteiger partial charge in [-0.25, -0.2) is 0 Å². The predicted octanol–water partition coefficient (Wildman–Crippen LogP) is 1.17. The van der Waals surface area contributed by atoms with Crippen LogP contribution in [0.15, 0.2) is 24.3 Å². The highest BCUT2D eigenvalue weighted by Gasteiger charge is 2.25. The van der Waals surface area contributed by atoms with E-state index in [1.54, 1.807) is 0 Å². The number of nitrogens with one attached hydrogen (secondary N) is 1. The predicted molar refractivity (Wildman–Crippen MR) is 52.3 cm³/mol. The number of hydrogen-bond acceptors (Lipinski definition) is 2. The number of allylic oxidation sites excluding steroid dienone is 2. The van der Waals surface area contributed by atoms with Crippen LogP contribution in [0.1, 0.15) is 19.3 Å². The van der Waals surface area contributed by atoms with Crippen LogP contribution < -0.4 is 5.32 Å². The summed E-state index contributed by atoms with van der Waals surface area (Å²) in [6, 6.07) is 0. The van der Waals surface area contributed by atoms with Crippen LogP contribution in [0, 0.1) is 11.8 Å². The molecule has 3 rings (SSSR count). The molecule has 3 aliphatic rings. The summed E-state index contributed by atoms with van der Waals surface area (Å²) in [5.74, 6) is 1.32. The van der Waals surface area contributed by atoms with Crippen LogP contribution in [-0.2, 0) is 9.59 Å². The van der Waals surface area contributed by atoms with E-state index in [9.17, 15) is 9.59 Å². The van der Waals surface area contributed by atoms with Crippen LogP contribution >= 0.6 is 0 Å². The molecule has 2 aliphatic carbocycles. The number of hydrogen-bond donors (Lipinski definition) is 1. The number of rotatable bonds is 0. The van der Waals surface area contributed by atoms with Gasteiger partial charge in [-0.15, -0.1) is 0 Å². The Morgan fingerprint density at radius 2 is 1.50 bits per heavy atom. The molecule has 1 aliphatic heterocycles. The van der Waals surface area contributed by atoms with E-state index in [0.29, 0.717) is 0 Å². The molecular formula is C11H13NO2. The minimum Gasteiger partial charge on any atom is -0.289 e. The number of imide groups is 1. The van der Waals surface area contributed by atoms with Crippen molar-refractivity contribution in [2.45, 2.75) is 19.3 Å². The van der Waals surface area contributed by atoms with Crippen LogP contribution in [0.2, 0.25) is 0 Å². The maximum atomic E-state index is 10.0. The molecular weight excluding hydrogens is 178 g/mol. The molecule has 0 radical (unpaired) electrons. The first kappa shape index (κ1) is 9.19. The average Bonchev–Trinajstić information content (AvgIpc) is 2.84. The maximum Gasteiger partial charge on any atom is 0.250 e. The molecule has 2 amide bonds. The molecule has 0 aromatic carbocycles.